The van der Waals surface area contributed by atoms with Gasteiger partial charge in [-0.3, -0.25) is 10.1 Å². The monoisotopic (exact) mass is 453 g/mol. The van der Waals surface area contributed by atoms with Crippen LogP contribution in [0.3, 0.4) is 0 Å². The van der Waals surface area contributed by atoms with Crippen LogP contribution in [0.25, 0.3) is 11.3 Å². The number of anilines is 1. The van der Waals surface area contributed by atoms with E-state index in [-0.39, 0.29) is 5.91 Å². The Hall–Kier alpha value is -1.74. The van der Waals surface area contributed by atoms with Crippen molar-refractivity contribution in [3.8, 4) is 11.3 Å². The summed E-state index contributed by atoms with van der Waals surface area (Å²) in [4.78, 5) is 16.9. The molecule has 1 amide bonds. The van der Waals surface area contributed by atoms with Gasteiger partial charge in [-0.15, -0.1) is 11.3 Å². The van der Waals surface area contributed by atoms with Gasteiger partial charge in [-0.05, 0) is 37.7 Å². The number of halogens is 1. The van der Waals surface area contributed by atoms with Gasteiger partial charge in [-0.25, -0.2) is 17.7 Å². The summed E-state index contributed by atoms with van der Waals surface area (Å²) in [6.45, 7) is 5.00. The number of nitrogens with zero attached hydrogens (tertiary/aromatic N) is 2. The number of carbonyl (C=O) groups is 1. The Morgan fingerprint density at radius 2 is 2.03 bits per heavy atom. The zero-order valence-corrected chi connectivity index (χ0v) is 18.6. The first-order chi connectivity index (χ1) is 13.7. The van der Waals surface area contributed by atoms with E-state index >= 15 is 0 Å². The highest BCUT2D eigenvalue weighted by Crippen LogP contribution is 2.30. The maximum Gasteiger partial charge on any atom is 0.252 e. The molecule has 1 saturated heterocycles. The largest absolute Gasteiger partial charge is 0.298 e. The number of benzene rings is 1. The van der Waals surface area contributed by atoms with Crippen LogP contribution in [0.1, 0.15) is 25.7 Å². The minimum Gasteiger partial charge on any atom is -0.298 e. The van der Waals surface area contributed by atoms with Crippen LogP contribution >= 0.6 is 22.9 Å². The van der Waals surface area contributed by atoms with Gasteiger partial charge in [0.15, 0.2) is 5.13 Å². The van der Waals surface area contributed by atoms with E-state index in [1.807, 2.05) is 23.6 Å². The third-order valence-electron chi connectivity index (χ3n) is 5.09. The number of carbonyl (C=O) groups excluding carboxylic acids is 1. The topological polar surface area (TPSA) is 79.4 Å². The molecule has 1 aromatic carbocycles. The first-order valence-corrected chi connectivity index (χ1v) is 12.5. The van der Waals surface area contributed by atoms with E-state index in [0.717, 1.165) is 30.5 Å². The van der Waals surface area contributed by atoms with Crippen molar-refractivity contribution in [3.05, 3.63) is 46.8 Å². The molecule has 1 aromatic heterocycles. The van der Waals surface area contributed by atoms with Crippen LogP contribution in [0.5, 0.6) is 0 Å². The fourth-order valence-corrected chi connectivity index (χ4v) is 5.14. The summed E-state index contributed by atoms with van der Waals surface area (Å²) in [5.41, 5.74) is 2.05. The Kier molecular flexibility index (Phi) is 7.10. The lowest BCUT2D eigenvalue weighted by Crippen LogP contribution is -2.37. The number of rotatable bonds is 7. The second kappa shape index (κ2) is 9.38. The molecule has 3 rings (SSSR count). The minimum absolute atomic E-state index is 0.237. The lowest BCUT2D eigenvalue weighted by atomic mass is 9.91. The molecular formula is C20H24ClN3O3S2. The van der Waals surface area contributed by atoms with Crippen LogP contribution in [-0.2, 0) is 14.8 Å². The fraction of sp³-hybridized carbons (Fsp3) is 0.400. The molecule has 0 aliphatic carbocycles. The summed E-state index contributed by atoms with van der Waals surface area (Å²) in [6, 6.07) is 7.44. The molecule has 0 spiro atoms. The van der Waals surface area contributed by atoms with E-state index in [0.29, 0.717) is 41.2 Å². The summed E-state index contributed by atoms with van der Waals surface area (Å²) in [5, 5.41) is 5.78. The quantitative estimate of drug-likeness (QED) is 0.629. The molecule has 0 saturated carbocycles. The Morgan fingerprint density at radius 3 is 2.69 bits per heavy atom. The number of thiazole rings is 1. The molecule has 0 atom stereocenters. The van der Waals surface area contributed by atoms with Gasteiger partial charge >= 0.3 is 0 Å². The average molecular weight is 454 g/mol. The van der Waals surface area contributed by atoms with E-state index in [9.17, 15) is 13.2 Å². The molecule has 9 heteroatoms. The molecule has 2 heterocycles. The predicted molar refractivity (Wildman–Crippen MR) is 119 cm³/mol. The van der Waals surface area contributed by atoms with Gasteiger partial charge in [0, 0.05) is 34.6 Å². The van der Waals surface area contributed by atoms with Crippen molar-refractivity contribution in [1.82, 2.24) is 9.29 Å². The van der Waals surface area contributed by atoms with Crippen molar-refractivity contribution < 1.29 is 13.2 Å². The Morgan fingerprint density at radius 1 is 1.34 bits per heavy atom. The summed E-state index contributed by atoms with van der Waals surface area (Å²) in [7, 11) is -3.11. The molecular weight excluding hydrogens is 430 g/mol. The van der Waals surface area contributed by atoms with Crippen molar-refractivity contribution in [2.45, 2.75) is 25.7 Å². The van der Waals surface area contributed by atoms with Gasteiger partial charge in [0.1, 0.15) is 0 Å². The molecule has 6 nitrogen and oxygen atoms in total. The maximum atomic E-state index is 12.4. The van der Waals surface area contributed by atoms with Crippen LogP contribution < -0.4 is 5.32 Å². The van der Waals surface area contributed by atoms with E-state index < -0.39 is 10.0 Å². The van der Waals surface area contributed by atoms with E-state index in [1.165, 1.54) is 21.9 Å². The summed E-state index contributed by atoms with van der Waals surface area (Å²) >= 11 is 7.54. The number of aromatic nitrogens is 1. The third-order valence-corrected chi connectivity index (χ3v) is 7.48. The number of hydrogen-bond donors (Lipinski definition) is 1. The Labute approximate surface area is 180 Å². The molecule has 1 fully saturated rings. The van der Waals surface area contributed by atoms with Crippen LogP contribution in [0.2, 0.25) is 5.02 Å². The zero-order chi connectivity index (χ0) is 21.0. The fourth-order valence-electron chi connectivity index (χ4n) is 3.33. The van der Waals surface area contributed by atoms with Crippen LogP contribution in [0.15, 0.2) is 41.8 Å². The SMILES string of the molecule is C=C(CCC1CCN(S(C)(=O)=O)CC1)C(=O)Nc1nc(-c2ccccc2Cl)cs1. The number of piperidine rings is 1. The molecule has 156 valence electrons. The van der Waals surface area contributed by atoms with Crippen LogP contribution in [0, 0.1) is 5.92 Å². The second-order valence-corrected chi connectivity index (χ2v) is 10.5. The molecule has 0 radical (unpaired) electrons. The highest BCUT2D eigenvalue weighted by Gasteiger charge is 2.25. The molecule has 29 heavy (non-hydrogen) atoms. The molecule has 1 N–H and O–H groups in total. The normalized spacial score (nSPS) is 15.9. The Balaban J connectivity index is 1.48. The highest BCUT2D eigenvalue weighted by molar-refractivity contribution is 7.88. The number of hydrogen-bond acceptors (Lipinski definition) is 5. The van der Waals surface area contributed by atoms with Gasteiger partial charge in [-0.1, -0.05) is 36.4 Å². The van der Waals surface area contributed by atoms with Gasteiger partial charge in [0.25, 0.3) is 5.91 Å². The van der Waals surface area contributed by atoms with Crippen LogP contribution in [-0.4, -0.2) is 43.0 Å². The zero-order valence-electron chi connectivity index (χ0n) is 16.2. The number of sulfonamides is 1. The molecule has 1 aliphatic heterocycles. The summed E-state index contributed by atoms with van der Waals surface area (Å²) < 4.78 is 24.7. The van der Waals surface area contributed by atoms with Gasteiger partial charge in [0.2, 0.25) is 10.0 Å². The molecule has 1 aliphatic rings. The smallest absolute Gasteiger partial charge is 0.252 e. The first-order valence-electron chi connectivity index (χ1n) is 9.38. The third kappa shape index (κ3) is 5.88. The van der Waals surface area contributed by atoms with Crippen molar-refractivity contribution >= 4 is 44.0 Å². The number of nitrogens with one attached hydrogen (secondary N) is 1. The van der Waals surface area contributed by atoms with E-state index in [4.69, 9.17) is 11.6 Å². The maximum absolute atomic E-state index is 12.4. The average Bonchev–Trinajstić information content (AvgIpc) is 3.14. The molecule has 2 aromatic rings. The highest BCUT2D eigenvalue weighted by atomic mass is 35.5. The Bertz CT molecular complexity index is 996. The predicted octanol–water partition coefficient (Wildman–Crippen LogP) is 4.41. The first kappa shape index (κ1) is 22.0. The van der Waals surface area contributed by atoms with Gasteiger partial charge < -0.3 is 0 Å². The summed E-state index contributed by atoms with van der Waals surface area (Å²) in [6.07, 6.45) is 4.28. The lowest BCUT2D eigenvalue weighted by molar-refractivity contribution is -0.113. The van der Waals surface area contributed by atoms with Gasteiger partial charge in [-0.2, -0.15) is 0 Å². The second-order valence-electron chi connectivity index (χ2n) is 7.22. The van der Waals surface area contributed by atoms with E-state index in [2.05, 4.69) is 16.9 Å². The van der Waals surface area contributed by atoms with Crippen molar-refractivity contribution in [3.63, 3.8) is 0 Å². The summed E-state index contributed by atoms with van der Waals surface area (Å²) in [5.74, 6) is 0.169. The lowest BCUT2D eigenvalue weighted by Gasteiger charge is -2.30. The van der Waals surface area contributed by atoms with Crippen molar-refractivity contribution in [1.29, 1.82) is 0 Å². The van der Waals surface area contributed by atoms with Crippen LogP contribution in [0.4, 0.5) is 5.13 Å². The molecule has 0 unspecified atom stereocenters. The van der Waals surface area contributed by atoms with Crippen molar-refractivity contribution in [2.75, 3.05) is 24.7 Å². The minimum atomic E-state index is -3.11. The number of amides is 1. The van der Waals surface area contributed by atoms with Gasteiger partial charge in [0.05, 0.1) is 11.9 Å². The van der Waals surface area contributed by atoms with E-state index in [1.54, 1.807) is 6.07 Å². The van der Waals surface area contributed by atoms with Crippen molar-refractivity contribution in [2.24, 2.45) is 5.92 Å². The molecule has 0 bridgehead atoms. The standard InChI is InChI=1S/C20H24ClN3O3S2/c1-14(7-8-15-9-11-24(12-10-15)29(2,26)27)19(25)23-20-22-18(13-28-20)16-5-3-4-6-17(16)21/h3-6,13,15H,1,7-12H2,2H3,(H,22,23,25).